The summed E-state index contributed by atoms with van der Waals surface area (Å²) >= 11 is 0. The Balaban J connectivity index is 2.14. The van der Waals surface area contributed by atoms with Gasteiger partial charge in [-0.3, -0.25) is 4.79 Å². The summed E-state index contributed by atoms with van der Waals surface area (Å²) in [4.78, 5) is 21.8. The first-order chi connectivity index (χ1) is 9.64. The molecule has 5 nitrogen and oxygen atoms in total. The molecule has 0 bridgehead atoms. The van der Waals surface area contributed by atoms with Gasteiger partial charge in [-0.25, -0.2) is 4.98 Å². The fraction of sp³-hybridized carbons (Fsp3) is 0.750. The van der Waals surface area contributed by atoms with Gasteiger partial charge in [0.15, 0.2) is 0 Å². The lowest BCUT2D eigenvalue weighted by atomic mass is 9.55. The lowest BCUT2D eigenvalue weighted by Crippen LogP contribution is -2.68. The highest BCUT2D eigenvalue weighted by Gasteiger charge is 2.59. The van der Waals surface area contributed by atoms with Crippen LogP contribution in [0.5, 0.6) is 0 Å². The molecule has 0 spiro atoms. The maximum atomic E-state index is 12.6. The van der Waals surface area contributed by atoms with Gasteiger partial charge in [-0.2, -0.15) is 0 Å². The number of imidazole rings is 1. The minimum Gasteiger partial charge on any atom is -0.378 e. The molecule has 1 saturated carbocycles. The zero-order valence-corrected chi connectivity index (χ0v) is 14.2. The molecule has 21 heavy (non-hydrogen) atoms. The zero-order chi connectivity index (χ0) is 16.0. The second-order valence-electron chi connectivity index (χ2n) is 7.13. The first-order valence-corrected chi connectivity index (χ1v) is 7.51. The van der Waals surface area contributed by atoms with Crippen molar-refractivity contribution in [2.75, 3.05) is 14.2 Å². The lowest BCUT2D eigenvalue weighted by molar-refractivity contribution is -0.198. The Labute approximate surface area is 127 Å². The van der Waals surface area contributed by atoms with Crippen LogP contribution in [0.1, 0.15) is 63.3 Å². The molecule has 118 valence electrons. The van der Waals surface area contributed by atoms with E-state index in [1.165, 1.54) is 0 Å². The van der Waals surface area contributed by atoms with E-state index in [9.17, 15) is 4.79 Å². The number of hydrogen-bond donors (Lipinski definition) is 1. The molecule has 2 atom stereocenters. The SMILES string of the molecule is COC1(C)CC(N(C)C(=O)c2cnc(C(C)C)[nH]2)C1(C)C. The fourth-order valence-electron chi connectivity index (χ4n) is 3.15. The first-order valence-electron chi connectivity index (χ1n) is 7.51. The minimum absolute atomic E-state index is 0.00868. The van der Waals surface area contributed by atoms with Crippen molar-refractivity contribution in [2.45, 2.75) is 58.6 Å². The van der Waals surface area contributed by atoms with Crippen LogP contribution in [0.2, 0.25) is 0 Å². The molecule has 1 N–H and O–H groups in total. The van der Waals surface area contributed by atoms with Crippen LogP contribution in [-0.2, 0) is 4.74 Å². The van der Waals surface area contributed by atoms with E-state index in [1.807, 2.05) is 11.9 Å². The van der Waals surface area contributed by atoms with Crippen molar-refractivity contribution in [1.82, 2.24) is 14.9 Å². The average Bonchev–Trinajstić information content (AvgIpc) is 2.92. The molecule has 5 heteroatoms. The van der Waals surface area contributed by atoms with Crippen LogP contribution in [-0.4, -0.2) is 46.6 Å². The monoisotopic (exact) mass is 293 g/mol. The normalized spacial score (nSPS) is 27.5. The summed E-state index contributed by atoms with van der Waals surface area (Å²) in [6.07, 6.45) is 2.49. The van der Waals surface area contributed by atoms with Crippen LogP contribution in [0.3, 0.4) is 0 Å². The predicted molar refractivity (Wildman–Crippen MR) is 82.4 cm³/mol. The van der Waals surface area contributed by atoms with E-state index in [-0.39, 0.29) is 28.9 Å². The third-order valence-electron chi connectivity index (χ3n) is 5.39. The number of rotatable bonds is 4. The van der Waals surface area contributed by atoms with Gasteiger partial charge in [0.2, 0.25) is 0 Å². The highest BCUT2D eigenvalue weighted by Crippen LogP contribution is 2.53. The van der Waals surface area contributed by atoms with Crippen LogP contribution in [0.15, 0.2) is 6.20 Å². The molecule has 1 amide bonds. The van der Waals surface area contributed by atoms with E-state index in [0.29, 0.717) is 5.69 Å². The molecule has 1 fully saturated rings. The number of nitrogens with zero attached hydrogens (tertiary/aromatic N) is 2. The summed E-state index contributed by atoms with van der Waals surface area (Å²) in [5.41, 5.74) is 0.305. The molecule has 0 radical (unpaired) electrons. The highest BCUT2D eigenvalue weighted by atomic mass is 16.5. The molecular weight excluding hydrogens is 266 g/mol. The van der Waals surface area contributed by atoms with Gasteiger partial charge in [-0.05, 0) is 13.3 Å². The van der Waals surface area contributed by atoms with Crippen molar-refractivity contribution in [3.63, 3.8) is 0 Å². The first kappa shape index (κ1) is 16.0. The summed E-state index contributed by atoms with van der Waals surface area (Å²) in [5, 5.41) is 0. The van der Waals surface area contributed by atoms with E-state index >= 15 is 0 Å². The van der Waals surface area contributed by atoms with Crippen molar-refractivity contribution in [2.24, 2.45) is 5.41 Å². The molecule has 2 rings (SSSR count). The Kier molecular flexibility index (Phi) is 3.91. The Morgan fingerprint density at radius 3 is 2.52 bits per heavy atom. The van der Waals surface area contributed by atoms with Crippen LogP contribution in [0.4, 0.5) is 0 Å². The number of hydrogen-bond acceptors (Lipinski definition) is 3. The topological polar surface area (TPSA) is 58.2 Å². The standard InChI is InChI=1S/C16H27N3O2/c1-10(2)13-17-9-11(18-13)14(20)19(6)12-8-16(5,21-7)15(12,3)4/h9-10,12H,8H2,1-7H3,(H,17,18). The average molecular weight is 293 g/mol. The van der Waals surface area contributed by atoms with Crippen molar-refractivity contribution in [1.29, 1.82) is 0 Å². The summed E-state index contributed by atoms with van der Waals surface area (Å²) in [5.74, 6) is 1.13. The third kappa shape index (κ3) is 2.37. The van der Waals surface area contributed by atoms with Gasteiger partial charge in [0.1, 0.15) is 11.5 Å². The number of H-pyrrole nitrogens is 1. The van der Waals surface area contributed by atoms with Crippen molar-refractivity contribution >= 4 is 5.91 Å². The Morgan fingerprint density at radius 2 is 2.10 bits per heavy atom. The Morgan fingerprint density at radius 1 is 1.48 bits per heavy atom. The Hall–Kier alpha value is -1.36. The number of ether oxygens (including phenoxy) is 1. The highest BCUT2D eigenvalue weighted by molar-refractivity contribution is 5.92. The van der Waals surface area contributed by atoms with Gasteiger partial charge < -0.3 is 14.6 Å². The summed E-state index contributed by atoms with van der Waals surface area (Å²) in [6, 6.07) is 0.167. The molecule has 2 unspecified atom stereocenters. The molecule has 1 heterocycles. The molecule has 1 aliphatic carbocycles. The van der Waals surface area contributed by atoms with Gasteiger partial charge in [-0.1, -0.05) is 27.7 Å². The molecule has 1 aromatic rings. The van der Waals surface area contributed by atoms with E-state index in [4.69, 9.17) is 4.74 Å². The van der Waals surface area contributed by atoms with Crippen LogP contribution in [0, 0.1) is 5.41 Å². The minimum atomic E-state index is -0.177. The lowest BCUT2D eigenvalue weighted by Gasteiger charge is -2.61. The van der Waals surface area contributed by atoms with Crippen molar-refractivity contribution in [3.05, 3.63) is 17.7 Å². The van der Waals surface area contributed by atoms with Crippen LogP contribution >= 0.6 is 0 Å². The summed E-state index contributed by atoms with van der Waals surface area (Å²) < 4.78 is 5.63. The van der Waals surface area contributed by atoms with E-state index in [0.717, 1.165) is 12.2 Å². The molecule has 0 aromatic carbocycles. The number of nitrogens with one attached hydrogen (secondary N) is 1. The van der Waals surface area contributed by atoms with Crippen molar-refractivity contribution < 1.29 is 9.53 Å². The van der Waals surface area contributed by atoms with Crippen LogP contribution in [0.25, 0.3) is 0 Å². The molecule has 1 aliphatic rings. The number of aromatic nitrogens is 2. The molecule has 0 saturated heterocycles. The number of aromatic amines is 1. The summed E-state index contributed by atoms with van der Waals surface area (Å²) in [6.45, 7) is 10.5. The van der Waals surface area contributed by atoms with Gasteiger partial charge >= 0.3 is 0 Å². The summed E-state index contributed by atoms with van der Waals surface area (Å²) in [7, 11) is 3.60. The quantitative estimate of drug-likeness (QED) is 0.928. The predicted octanol–water partition coefficient (Wildman–Crippen LogP) is 2.81. The maximum absolute atomic E-state index is 12.6. The molecule has 0 aliphatic heterocycles. The molecular formula is C16H27N3O2. The van der Waals surface area contributed by atoms with Gasteiger partial charge in [0.05, 0.1) is 11.8 Å². The number of amides is 1. The zero-order valence-electron chi connectivity index (χ0n) is 14.2. The van der Waals surface area contributed by atoms with Gasteiger partial charge in [-0.15, -0.1) is 0 Å². The molecule has 1 aromatic heterocycles. The van der Waals surface area contributed by atoms with E-state index < -0.39 is 0 Å². The maximum Gasteiger partial charge on any atom is 0.271 e. The largest absolute Gasteiger partial charge is 0.378 e. The van der Waals surface area contributed by atoms with Gasteiger partial charge in [0, 0.05) is 31.5 Å². The number of methoxy groups -OCH3 is 1. The third-order valence-corrected chi connectivity index (χ3v) is 5.39. The number of carbonyl (C=O) groups excluding carboxylic acids is 1. The number of carbonyl (C=O) groups is 1. The van der Waals surface area contributed by atoms with E-state index in [1.54, 1.807) is 13.3 Å². The smallest absolute Gasteiger partial charge is 0.271 e. The van der Waals surface area contributed by atoms with Gasteiger partial charge in [0.25, 0.3) is 5.91 Å². The Bertz CT molecular complexity index is 535. The van der Waals surface area contributed by atoms with Crippen molar-refractivity contribution in [3.8, 4) is 0 Å². The second kappa shape index (κ2) is 5.13. The van der Waals surface area contributed by atoms with Crippen LogP contribution < -0.4 is 0 Å². The van der Waals surface area contributed by atoms with E-state index in [2.05, 4.69) is 44.6 Å². The second-order valence-corrected chi connectivity index (χ2v) is 7.13. The fourth-order valence-corrected chi connectivity index (χ4v) is 3.15.